The summed E-state index contributed by atoms with van der Waals surface area (Å²) in [4.78, 5) is 26.4. The van der Waals surface area contributed by atoms with E-state index < -0.39 is 0 Å². The van der Waals surface area contributed by atoms with Gasteiger partial charge in [0.25, 0.3) is 0 Å². The van der Waals surface area contributed by atoms with Crippen molar-refractivity contribution in [2.75, 3.05) is 32.0 Å². The molecule has 30 heavy (non-hydrogen) atoms. The number of nitrogens with zero attached hydrogens (tertiary/aromatic N) is 5. The van der Waals surface area contributed by atoms with Crippen LogP contribution in [-0.2, 0) is 17.9 Å². The van der Waals surface area contributed by atoms with Crippen LogP contribution in [0.2, 0.25) is 0 Å². The fraction of sp³-hybridized carbons (Fsp3) is 0.381. The van der Waals surface area contributed by atoms with Crippen molar-refractivity contribution in [3.05, 3.63) is 64.9 Å². The maximum absolute atomic E-state index is 13.2. The van der Waals surface area contributed by atoms with Gasteiger partial charge in [-0.3, -0.25) is 9.69 Å². The van der Waals surface area contributed by atoms with Crippen LogP contribution in [0.5, 0.6) is 0 Å². The van der Waals surface area contributed by atoms with Gasteiger partial charge in [0.15, 0.2) is 5.13 Å². The molecule has 1 aromatic carbocycles. The number of amides is 1. The van der Waals surface area contributed by atoms with Crippen molar-refractivity contribution in [3.63, 3.8) is 0 Å². The molecule has 0 spiro atoms. The highest BCUT2D eigenvalue weighted by Crippen LogP contribution is 2.23. The van der Waals surface area contributed by atoms with Gasteiger partial charge in [0.05, 0.1) is 31.2 Å². The highest BCUT2D eigenvalue weighted by Gasteiger charge is 2.25. The molecule has 1 amide bonds. The average molecular weight is 429 g/mol. The summed E-state index contributed by atoms with van der Waals surface area (Å²) in [6.07, 6.45) is 5.46. The van der Waals surface area contributed by atoms with Gasteiger partial charge in [0, 0.05) is 44.0 Å². The second kappa shape index (κ2) is 8.93. The second-order valence-corrected chi connectivity index (χ2v) is 8.54. The number of thiazole rings is 1. The minimum Gasteiger partial charge on any atom is -0.365 e. The maximum Gasteiger partial charge on any atom is 0.237 e. The standard InChI is InChI=1S/C21H25FN6OS/c1-15(16-3-5-17(22)6-4-16)28-14-24-9-18(28)11-26-7-8-27(20(29)13-26)12-19-10-25-21(23-2)30-19/h3-6,9-10,14-15H,7-8,11-13H2,1-2H3,(H,23,25)/t15-/m1/s1. The summed E-state index contributed by atoms with van der Waals surface area (Å²) < 4.78 is 15.3. The summed E-state index contributed by atoms with van der Waals surface area (Å²) >= 11 is 1.57. The van der Waals surface area contributed by atoms with E-state index in [0.29, 0.717) is 26.2 Å². The molecular formula is C21H25FN6OS. The Balaban J connectivity index is 1.37. The van der Waals surface area contributed by atoms with Crippen LogP contribution >= 0.6 is 11.3 Å². The lowest BCUT2D eigenvalue weighted by molar-refractivity contribution is -0.136. The number of hydrogen-bond acceptors (Lipinski definition) is 6. The predicted molar refractivity (Wildman–Crippen MR) is 115 cm³/mol. The van der Waals surface area contributed by atoms with Crippen LogP contribution in [0.1, 0.15) is 29.1 Å². The molecular weight excluding hydrogens is 403 g/mol. The van der Waals surface area contributed by atoms with Gasteiger partial charge < -0.3 is 14.8 Å². The number of benzene rings is 1. The molecule has 0 aliphatic carbocycles. The van der Waals surface area contributed by atoms with Gasteiger partial charge in [-0.15, -0.1) is 11.3 Å². The van der Waals surface area contributed by atoms with E-state index in [0.717, 1.165) is 27.8 Å². The second-order valence-electron chi connectivity index (χ2n) is 7.43. The number of anilines is 1. The predicted octanol–water partition coefficient (Wildman–Crippen LogP) is 2.97. The molecule has 1 atom stereocenters. The third-order valence-corrected chi connectivity index (χ3v) is 6.41. The van der Waals surface area contributed by atoms with Gasteiger partial charge in [-0.2, -0.15) is 0 Å². The Morgan fingerprint density at radius 3 is 2.70 bits per heavy atom. The summed E-state index contributed by atoms with van der Waals surface area (Å²) in [5.74, 6) is -0.119. The Labute approximate surface area is 179 Å². The largest absolute Gasteiger partial charge is 0.365 e. The SMILES string of the molecule is CNc1ncc(CN2CCN(Cc3cncn3[C@H](C)c3ccc(F)cc3)CC2=O)s1. The van der Waals surface area contributed by atoms with Crippen LogP contribution in [-0.4, -0.2) is 56.9 Å². The normalized spacial score (nSPS) is 16.1. The van der Waals surface area contributed by atoms with Crippen molar-refractivity contribution in [2.24, 2.45) is 0 Å². The molecule has 158 valence electrons. The molecule has 9 heteroatoms. The Morgan fingerprint density at radius 2 is 2.00 bits per heavy atom. The molecule has 4 rings (SSSR count). The lowest BCUT2D eigenvalue weighted by Gasteiger charge is -2.34. The number of nitrogens with one attached hydrogen (secondary N) is 1. The maximum atomic E-state index is 13.2. The molecule has 0 radical (unpaired) electrons. The Hall–Kier alpha value is -2.78. The number of carbonyl (C=O) groups excluding carboxylic acids is 1. The highest BCUT2D eigenvalue weighted by molar-refractivity contribution is 7.15. The fourth-order valence-electron chi connectivity index (χ4n) is 3.68. The third kappa shape index (κ3) is 4.52. The molecule has 0 bridgehead atoms. The van der Waals surface area contributed by atoms with Gasteiger partial charge >= 0.3 is 0 Å². The van der Waals surface area contributed by atoms with Crippen LogP contribution in [0.4, 0.5) is 9.52 Å². The van der Waals surface area contributed by atoms with E-state index in [4.69, 9.17) is 0 Å². The first kappa shape index (κ1) is 20.5. The number of imidazole rings is 1. The van der Waals surface area contributed by atoms with E-state index in [1.54, 1.807) is 29.8 Å². The van der Waals surface area contributed by atoms with Crippen LogP contribution in [0.15, 0.2) is 43.0 Å². The molecule has 3 aromatic rings. The molecule has 1 aliphatic rings. The monoisotopic (exact) mass is 428 g/mol. The molecule has 1 aliphatic heterocycles. The van der Waals surface area contributed by atoms with E-state index in [1.165, 1.54) is 12.1 Å². The number of piperazine rings is 1. The zero-order chi connectivity index (χ0) is 21.1. The minimum absolute atomic E-state index is 0.0350. The lowest BCUT2D eigenvalue weighted by atomic mass is 10.1. The van der Waals surface area contributed by atoms with Crippen LogP contribution < -0.4 is 5.32 Å². The fourth-order valence-corrected chi connectivity index (χ4v) is 4.46. The van der Waals surface area contributed by atoms with Crippen LogP contribution in [0.25, 0.3) is 0 Å². The first-order chi connectivity index (χ1) is 14.5. The van der Waals surface area contributed by atoms with E-state index in [-0.39, 0.29) is 17.8 Å². The Kier molecular flexibility index (Phi) is 6.10. The molecule has 1 N–H and O–H groups in total. The molecule has 1 fully saturated rings. The number of hydrogen-bond donors (Lipinski definition) is 1. The van der Waals surface area contributed by atoms with Crippen LogP contribution in [0, 0.1) is 5.82 Å². The molecule has 0 unspecified atom stereocenters. The van der Waals surface area contributed by atoms with Gasteiger partial charge in [0.2, 0.25) is 5.91 Å². The zero-order valence-corrected chi connectivity index (χ0v) is 17.9. The molecule has 2 aromatic heterocycles. The van der Waals surface area contributed by atoms with Crippen molar-refractivity contribution in [2.45, 2.75) is 26.1 Å². The van der Waals surface area contributed by atoms with E-state index in [2.05, 4.69) is 31.7 Å². The number of carbonyl (C=O) groups is 1. The average Bonchev–Trinajstić information content (AvgIpc) is 3.39. The zero-order valence-electron chi connectivity index (χ0n) is 17.1. The molecule has 7 nitrogen and oxygen atoms in total. The topological polar surface area (TPSA) is 66.3 Å². The Morgan fingerprint density at radius 1 is 1.20 bits per heavy atom. The summed E-state index contributed by atoms with van der Waals surface area (Å²) in [5.41, 5.74) is 2.05. The van der Waals surface area contributed by atoms with Gasteiger partial charge in [0.1, 0.15) is 5.82 Å². The quantitative estimate of drug-likeness (QED) is 0.627. The van der Waals surface area contributed by atoms with Crippen molar-refractivity contribution in [1.29, 1.82) is 0 Å². The first-order valence-electron chi connectivity index (χ1n) is 9.92. The van der Waals surface area contributed by atoms with E-state index in [1.807, 2.05) is 24.3 Å². The van der Waals surface area contributed by atoms with E-state index >= 15 is 0 Å². The highest BCUT2D eigenvalue weighted by atomic mass is 32.1. The summed E-state index contributed by atoms with van der Waals surface area (Å²) in [7, 11) is 1.84. The first-order valence-corrected chi connectivity index (χ1v) is 10.7. The third-order valence-electron chi connectivity index (χ3n) is 5.41. The van der Waals surface area contributed by atoms with Gasteiger partial charge in [-0.05, 0) is 24.6 Å². The smallest absolute Gasteiger partial charge is 0.237 e. The molecule has 0 saturated carbocycles. The van der Waals surface area contributed by atoms with Gasteiger partial charge in [-0.1, -0.05) is 12.1 Å². The Bertz CT molecular complexity index is 1000. The number of aromatic nitrogens is 3. The number of rotatable bonds is 7. The van der Waals surface area contributed by atoms with Crippen molar-refractivity contribution >= 4 is 22.4 Å². The summed E-state index contributed by atoms with van der Waals surface area (Å²) in [5, 5.41) is 3.89. The minimum atomic E-state index is -0.242. The summed E-state index contributed by atoms with van der Waals surface area (Å²) in [6.45, 7) is 5.19. The van der Waals surface area contributed by atoms with E-state index in [9.17, 15) is 9.18 Å². The van der Waals surface area contributed by atoms with Crippen LogP contribution in [0.3, 0.4) is 0 Å². The summed E-state index contributed by atoms with van der Waals surface area (Å²) in [6, 6.07) is 6.58. The molecule has 1 saturated heterocycles. The number of halogens is 1. The lowest BCUT2D eigenvalue weighted by Crippen LogP contribution is -2.49. The van der Waals surface area contributed by atoms with Crippen molar-refractivity contribution in [3.8, 4) is 0 Å². The van der Waals surface area contributed by atoms with Gasteiger partial charge in [-0.25, -0.2) is 14.4 Å². The van der Waals surface area contributed by atoms with Crippen molar-refractivity contribution < 1.29 is 9.18 Å². The van der Waals surface area contributed by atoms with Crippen molar-refractivity contribution in [1.82, 2.24) is 24.3 Å². The molecule has 3 heterocycles.